The van der Waals surface area contributed by atoms with E-state index in [0.717, 1.165) is 4.57 Å². The molecule has 3 rings (SSSR count). The Bertz CT molecular complexity index is 1280. The molecule has 32 heavy (non-hydrogen) atoms. The summed E-state index contributed by atoms with van der Waals surface area (Å²) >= 11 is 0. The van der Waals surface area contributed by atoms with E-state index in [9.17, 15) is 24.3 Å². The molecule has 0 aliphatic rings. The molecule has 168 valence electrons. The number of carboxylic acid groups (broad SMARTS) is 1. The van der Waals surface area contributed by atoms with Crippen LogP contribution in [0.4, 0.5) is 4.79 Å². The standard InChI is InChI=1S/C22H24N4O6/c1-22(2,3)32-20(30)24-16(19(28)29)11-13-5-7-14(8-6-13)26-18(27)15-9-10-23-12-17(15)25(4)21(26)31/h5-10,12,16H,11H2,1-4H3,(H,24,30)(H,28,29). The van der Waals surface area contributed by atoms with Crippen LogP contribution in [-0.2, 0) is 23.0 Å². The van der Waals surface area contributed by atoms with Gasteiger partial charge in [0.15, 0.2) is 0 Å². The number of carbonyl (C=O) groups is 2. The summed E-state index contributed by atoms with van der Waals surface area (Å²) in [5, 5.41) is 12.1. The van der Waals surface area contributed by atoms with Gasteiger partial charge in [-0.1, -0.05) is 12.1 Å². The lowest BCUT2D eigenvalue weighted by Crippen LogP contribution is -2.44. The second kappa shape index (κ2) is 8.66. The summed E-state index contributed by atoms with van der Waals surface area (Å²) in [6.45, 7) is 5.03. The SMILES string of the molecule is Cn1c(=O)n(-c2ccc(CC(NC(=O)OC(C)(C)C)C(=O)O)cc2)c(=O)c2ccncc21. The van der Waals surface area contributed by atoms with Gasteiger partial charge >= 0.3 is 17.8 Å². The highest BCUT2D eigenvalue weighted by Crippen LogP contribution is 2.12. The molecular weight excluding hydrogens is 416 g/mol. The molecule has 0 saturated carbocycles. The lowest BCUT2D eigenvalue weighted by molar-refractivity contribution is -0.139. The van der Waals surface area contributed by atoms with E-state index >= 15 is 0 Å². The van der Waals surface area contributed by atoms with Crippen LogP contribution >= 0.6 is 0 Å². The minimum absolute atomic E-state index is 0.00878. The Morgan fingerprint density at radius 1 is 1.16 bits per heavy atom. The maximum atomic E-state index is 12.9. The molecule has 1 amide bonds. The van der Waals surface area contributed by atoms with Gasteiger partial charge in [-0.3, -0.25) is 14.3 Å². The molecule has 1 aromatic carbocycles. The molecule has 10 heteroatoms. The van der Waals surface area contributed by atoms with Crippen LogP contribution in [0.3, 0.4) is 0 Å². The number of aryl methyl sites for hydroxylation is 1. The molecule has 2 heterocycles. The minimum atomic E-state index is -1.21. The van der Waals surface area contributed by atoms with E-state index in [1.807, 2.05) is 0 Å². The van der Waals surface area contributed by atoms with Crippen molar-refractivity contribution < 1.29 is 19.4 Å². The molecule has 1 atom stereocenters. The van der Waals surface area contributed by atoms with Crippen molar-refractivity contribution >= 4 is 23.0 Å². The van der Waals surface area contributed by atoms with Crippen LogP contribution in [0.5, 0.6) is 0 Å². The number of pyridine rings is 1. The molecule has 1 unspecified atom stereocenters. The Morgan fingerprint density at radius 2 is 1.81 bits per heavy atom. The van der Waals surface area contributed by atoms with E-state index in [1.54, 1.807) is 58.2 Å². The number of aromatic nitrogens is 3. The lowest BCUT2D eigenvalue weighted by Gasteiger charge is -2.22. The Balaban J connectivity index is 1.88. The smallest absolute Gasteiger partial charge is 0.408 e. The molecule has 0 bridgehead atoms. The van der Waals surface area contributed by atoms with Gasteiger partial charge in [-0.2, -0.15) is 0 Å². The third-order valence-corrected chi connectivity index (χ3v) is 4.70. The minimum Gasteiger partial charge on any atom is -0.480 e. The van der Waals surface area contributed by atoms with Crippen molar-refractivity contribution in [3.05, 3.63) is 69.1 Å². The fourth-order valence-electron chi connectivity index (χ4n) is 3.19. The second-order valence-electron chi connectivity index (χ2n) is 8.28. The number of fused-ring (bicyclic) bond motifs is 1. The number of benzene rings is 1. The predicted molar refractivity (Wildman–Crippen MR) is 117 cm³/mol. The van der Waals surface area contributed by atoms with Gasteiger partial charge in [-0.15, -0.1) is 0 Å². The summed E-state index contributed by atoms with van der Waals surface area (Å²) in [7, 11) is 1.55. The molecule has 0 aliphatic carbocycles. The molecule has 2 aromatic heterocycles. The maximum Gasteiger partial charge on any atom is 0.408 e. The quantitative estimate of drug-likeness (QED) is 0.616. The van der Waals surface area contributed by atoms with Gasteiger partial charge in [-0.05, 0) is 44.5 Å². The van der Waals surface area contributed by atoms with E-state index in [-0.39, 0.29) is 6.42 Å². The zero-order valence-electron chi connectivity index (χ0n) is 18.2. The van der Waals surface area contributed by atoms with Crippen molar-refractivity contribution in [3.8, 4) is 5.69 Å². The summed E-state index contributed by atoms with van der Waals surface area (Å²) in [6.07, 6.45) is 2.09. The Kier molecular flexibility index (Phi) is 6.15. The molecular formula is C22H24N4O6. The van der Waals surface area contributed by atoms with E-state index < -0.39 is 35.0 Å². The van der Waals surface area contributed by atoms with E-state index in [1.165, 1.54) is 17.0 Å². The lowest BCUT2D eigenvalue weighted by atomic mass is 10.1. The third kappa shape index (κ3) is 4.85. The van der Waals surface area contributed by atoms with E-state index in [0.29, 0.717) is 22.2 Å². The van der Waals surface area contributed by atoms with Crippen molar-refractivity contribution in [2.75, 3.05) is 0 Å². The summed E-state index contributed by atoms with van der Waals surface area (Å²) < 4.78 is 7.49. The molecule has 0 fully saturated rings. The number of rotatable bonds is 5. The molecule has 0 radical (unpaired) electrons. The van der Waals surface area contributed by atoms with Crippen LogP contribution < -0.4 is 16.6 Å². The number of aliphatic carboxylic acids is 1. The monoisotopic (exact) mass is 440 g/mol. The van der Waals surface area contributed by atoms with Crippen LogP contribution in [-0.4, -0.2) is 42.9 Å². The first-order chi connectivity index (χ1) is 15.0. The summed E-state index contributed by atoms with van der Waals surface area (Å²) in [5.41, 5.74) is -0.416. The number of amides is 1. The third-order valence-electron chi connectivity index (χ3n) is 4.70. The van der Waals surface area contributed by atoms with Gasteiger partial charge < -0.3 is 15.2 Å². The number of carboxylic acids is 1. The highest BCUT2D eigenvalue weighted by molar-refractivity contribution is 5.80. The van der Waals surface area contributed by atoms with Crippen molar-refractivity contribution in [1.29, 1.82) is 0 Å². The number of alkyl carbamates (subject to hydrolysis) is 1. The van der Waals surface area contributed by atoms with Crippen molar-refractivity contribution in [3.63, 3.8) is 0 Å². The molecule has 0 aliphatic heterocycles. The highest BCUT2D eigenvalue weighted by atomic mass is 16.6. The first-order valence-electron chi connectivity index (χ1n) is 9.85. The van der Waals surface area contributed by atoms with Crippen LogP contribution in [0, 0.1) is 0 Å². The summed E-state index contributed by atoms with van der Waals surface area (Å²) in [6, 6.07) is 6.64. The number of nitrogens with one attached hydrogen (secondary N) is 1. The first kappa shape index (κ1) is 22.7. The topological polar surface area (TPSA) is 133 Å². The van der Waals surface area contributed by atoms with Crippen LogP contribution in [0.25, 0.3) is 16.6 Å². The van der Waals surface area contributed by atoms with Crippen LogP contribution in [0.2, 0.25) is 0 Å². The van der Waals surface area contributed by atoms with E-state index in [4.69, 9.17) is 4.74 Å². The molecule has 0 spiro atoms. The van der Waals surface area contributed by atoms with Gasteiger partial charge in [-0.25, -0.2) is 19.0 Å². The average molecular weight is 440 g/mol. The number of hydrogen-bond acceptors (Lipinski definition) is 6. The number of ether oxygens (including phenoxy) is 1. The normalized spacial score (nSPS) is 12.4. The average Bonchev–Trinajstić information content (AvgIpc) is 2.71. The molecule has 0 saturated heterocycles. The maximum absolute atomic E-state index is 12.9. The van der Waals surface area contributed by atoms with Gasteiger partial charge in [0.2, 0.25) is 0 Å². The fraction of sp³-hybridized carbons (Fsp3) is 0.318. The zero-order valence-corrected chi connectivity index (χ0v) is 18.2. The van der Waals surface area contributed by atoms with Gasteiger partial charge in [0.25, 0.3) is 5.56 Å². The second-order valence-corrected chi connectivity index (χ2v) is 8.28. The number of carbonyl (C=O) groups excluding carboxylic acids is 1. The van der Waals surface area contributed by atoms with E-state index in [2.05, 4.69) is 10.3 Å². The Morgan fingerprint density at radius 3 is 2.41 bits per heavy atom. The predicted octanol–water partition coefficient (Wildman–Crippen LogP) is 1.60. The largest absolute Gasteiger partial charge is 0.480 e. The molecule has 2 N–H and O–H groups in total. The Labute approximate surface area is 183 Å². The summed E-state index contributed by atoms with van der Waals surface area (Å²) in [4.78, 5) is 53.1. The zero-order chi connectivity index (χ0) is 23.6. The highest BCUT2D eigenvalue weighted by Gasteiger charge is 2.24. The molecule has 3 aromatic rings. The van der Waals surface area contributed by atoms with Gasteiger partial charge in [0.1, 0.15) is 11.6 Å². The van der Waals surface area contributed by atoms with Crippen LogP contribution in [0.1, 0.15) is 26.3 Å². The van der Waals surface area contributed by atoms with Gasteiger partial charge in [0, 0.05) is 19.7 Å². The number of hydrogen-bond donors (Lipinski definition) is 2. The van der Waals surface area contributed by atoms with Crippen LogP contribution in [0.15, 0.2) is 52.3 Å². The van der Waals surface area contributed by atoms with Crippen molar-refractivity contribution in [1.82, 2.24) is 19.4 Å². The fourth-order valence-corrected chi connectivity index (χ4v) is 3.19. The first-order valence-corrected chi connectivity index (χ1v) is 9.85. The van der Waals surface area contributed by atoms with Crippen molar-refractivity contribution in [2.24, 2.45) is 7.05 Å². The van der Waals surface area contributed by atoms with Crippen molar-refractivity contribution in [2.45, 2.75) is 38.8 Å². The molecule has 10 nitrogen and oxygen atoms in total. The van der Waals surface area contributed by atoms with Gasteiger partial charge in [0.05, 0.1) is 22.8 Å². The number of nitrogens with zero attached hydrogens (tertiary/aromatic N) is 3. The summed E-state index contributed by atoms with van der Waals surface area (Å²) in [5.74, 6) is -1.21. The Hall–Kier alpha value is -3.95.